The maximum Gasteiger partial charge on any atom is 0.185 e. The van der Waals surface area contributed by atoms with Gasteiger partial charge in [-0.15, -0.1) is 0 Å². The summed E-state index contributed by atoms with van der Waals surface area (Å²) < 4.78 is 11.9. The minimum atomic E-state index is -0.0111. The Kier molecular flexibility index (Phi) is 6.61. The van der Waals surface area contributed by atoms with Crippen molar-refractivity contribution in [1.82, 2.24) is 4.90 Å². The number of benzene rings is 2. The molecule has 0 atom stereocenters. The van der Waals surface area contributed by atoms with Crippen LogP contribution in [0.4, 0.5) is 0 Å². The number of nitrogens with zero attached hydrogens (tertiary/aromatic N) is 1. The lowest BCUT2D eigenvalue weighted by molar-refractivity contribution is 0.0339. The summed E-state index contributed by atoms with van der Waals surface area (Å²) in [6.07, 6.45) is 3.47. The molecule has 1 aliphatic rings. The van der Waals surface area contributed by atoms with Crippen LogP contribution in [-0.4, -0.2) is 44.1 Å². The number of halogens is 1. The summed E-state index contributed by atoms with van der Waals surface area (Å²) in [5, 5.41) is 0. The molecule has 5 heteroatoms. The Hall–Kier alpha value is -1.95. The van der Waals surface area contributed by atoms with Gasteiger partial charge in [0, 0.05) is 35.2 Å². The van der Waals surface area contributed by atoms with Crippen LogP contribution in [0.5, 0.6) is 5.75 Å². The first-order valence-electron chi connectivity index (χ1n) is 8.61. The number of morpholine rings is 1. The van der Waals surface area contributed by atoms with Gasteiger partial charge in [-0.1, -0.05) is 28.1 Å². The van der Waals surface area contributed by atoms with E-state index < -0.39 is 0 Å². The molecular formula is C21H22BrNO3. The van der Waals surface area contributed by atoms with Crippen molar-refractivity contribution in [1.29, 1.82) is 0 Å². The molecule has 3 rings (SSSR count). The molecular weight excluding hydrogens is 394 g/mol. The van der Waals surface area contributed by atoms with Crippen LogP contribution >= 0.6 is 15.9 Å². The van der Waals surface area contributed by atoms with Crippen molar-refractivity contribution < 1.29 is 14.3 Å². The molecule has 0 radical (unpaired) electrons. The van der Waals surface area contributed by atoms with E-state index in [0.717, 1.165) is 54.2 Å². The molecule has 0 saturated carbocycles. The molecule has 26 heavy (non-hydrogen) atoms. The van der Waals surface area contributed by atoms with Gasteiger partial charge in [0.05, 0.1) is 20.3 Å². The van der Waals surface area contributed by atoms with Crippen molar-refractivity contribution in [3.05, 3.63) is 69.7 Å². The third-order valence-electron chi connectivity index (χ3n) is 4.36. The zero-order valence-corrected chi connectivity index (χ0v) is 16.4. The summed E-state index contributed by atoms with van der Waals surface area (Å²) >= 11 is 3.38. The molecule has 4 nitrogen and oxygen atoms in total. The van der Waals surface area contributed by atoms with Gasteiger partial charge in [0.1, 0.15) is 5.75 Å². The molecule has 1 fully saturated rings. The van der Waals surface area contributed by atoms with E-state index in [-0.39, 0.29) is 5.78 Å². The molecule has 0 unspecified atom stereocenters. The molecule has 1 heterocycles. The van der Waals surface area contributed by atoms with E-state index in [2.05, 4.69) is 26.9 Å². The number of rotatable bonds is 6. The maximum absolute atomic E-state index is 12.3. The fourth-order valence-electron chi connectivity index (χ4n) is 2.91. The summed E-state index contributed by atoms with van der Waals surface area (Å²) in [5.74, 6) is 0.857. The quantitative estimate of drug-likeness (QED) is 0.523. The molecule has 0 bridgehead atoms. The topological polar surface area (TPSA) is 38.8 Å². The first-order valence-corrected chi connectivity index (χ1v) is 9.40. The largest absolute Gasteiger partial charge is 0.496 e. The van der Waals surface area contributed by atoms with Crippen LogP contribution in [0.15, 0.2) is 53.0 Å². The SMILES string of the molecule is COc1ccc(/C=C/C(=O)c2ccc(Br)cc2)cc1CN1CCOCC1. The minimum Gasteiger partial charge on any atom is -0.496 e. The van der Waals surface area contributed by atoms with Gasteiger partial charge in [0.2, 0.25) is 0 Å². The minimum absolute atomic E-state index is 0.0111. The predicted octanol–water partition coefficient (Wildman–Crippen LogP) is 4.19. The molecule has 2 aromatic rings. The van der Waals surface area contributed by atoms with Crippen LogP contribution in [-0.2, 0) is 11.3 Å². The molecule has 0 aromatic heterocycles. The van der Waals surface area contributed by atoms with Crippen LogP contribution in [0.25, 0.3) is 6.08 Å². The predicted molar refractivity (Wildman–Crippen MR) is 107 cm³/mol. The maximum atomic E-state index is 12.3. The van der Waals surface area contributed by atoms with Crippen LogP contribution in [0.2, 0.25) is 0 Å². The van der Waals surface area contributed by atoms with Gasteiger partial charge in [-0.05, 0) is 48.0 Å². The number of ketones is 1. The second kappa shape index (κ2) is 9.12. The van der Waals surface area contributed by atoms with Gasteiger partial charge in [-0.3, -0.25) is 9.69 Å². The van der Waals surface area contributed by atoms with Crippen molar-refractivity contribution in [2.75, 3.05) is 33.4 Å². The zero-order chi connectivity index (χ0) is 18.4. The third-order valence-corrected chi connectivity index (χ3v) is 4.89. The van der Waals surface area contributed by atoms with Crippen molar-refractivity contribution in [3.8, 4) is 5.75 Å². The average Bonchev–Trinajstić information content (AvgIpc) is 2.67. The van der Waals surface area contributed by atoms with Crippen molar-refractivity contribution in [2.45, 2.75) is 6.54 Å². The smallest absolute Gasteiger partial charge is 0.185 e. The van der Waals surface area contributed by atoms with Gasteiger partial charge < -0.3 is 9.47 Å². The second-order valence-corrected chi connectivity index (χ2v) is 7.08. The van der Waals surface area contributed by atoms with Crippen molar-refractivity contribution >= 4 is 27.8 Å². The Labute approximate surface area is 162 Å². The highest BCUT2D eigenvalue weighted by molar-refractivity contribution is 9.10. The highest BCUT2D eigenvalue weighted by Gasteiger charge is 2.13. The third kappa shape index (κ3) is 5.04. The summed E-state index contributed by atoms with van der Waals surface area (Å²) in [6, 6.07) is 13.4. The molecule has 0 aliphatic carbocycles. The van der Waals surface area contributed by atoms with E-state index >= 15 is 0 Å². The Morgan fingerprint density at radius 2 is 1.92 bits per heavy atom. The molecule has 2 aromatic carbocycles. The van der Waals surface area contributed by atoms with Crippen LogP contribution in [0.1, 0.15) is 21.5 Å². The number of methoxy groups -OCH3 is 1. The Morgan fingerprint density at radius 3 is 2.62 bits per heavy atom. The molecule has 1 saturated heterocycles. The lowest BCUT2D eigenvalue weighted by atomic mass is 10.1. The van der Waals surface area contributed by atoms with Gasteiger partial charge in [-0.25, -0.2) is 0 Å². The molecule has 0 spiro atoms. The molecule has 136 valence electrons. The van der Waals surface area contributed by atoms with Gasteiger partial charge in [0.25, 0.3) is 0 Å². The molecule has 0 amide bonds. The van der Waals surface area contributed by atoms with Gasteiger partial charge in [-0.2, -0.15) is 0 Å². The van der Waals surface area contributed by atoms with E-state index in [9.17, 15) is 4.79 Å². The van der Waals surface area contributed by atoms with E-state index in [1.54, 1.807) is 13.2 Å². The summed E-state index contributed by atoms with van der Waals surface area (Å²) in [7, 11) is 1.69. The number of hydrogen-bond donors (Lipinski definition) is 0. The number of ether oxygens (including phenoxy) is 2. The zero-order valence-electron chi connectivity index (χ0n) is 14.8. The normalized spacial score (nSPS) is 15.3. The number of carbonyl (C=O) groups excluding carboxylic acids is 1. The fraction of sp³-hybridized carbons (Fsp3) is 0.286. The van der Waals surface area contributed by atoms with E-state index in [1.165, 1.54) is 0 Å². The lowest BCUT2D eigenvalue weighted by Crippen LogP contribution is -2.35. The second-order valence-electron chi connectivity index (χ2n) is 6.16. The Morgan fingerprint density at radius 1 is 1.19 bits per heavy atom. The van der Waals surface area contributed by atoms with Crippen LogP contribution in [0, 0.1) is 0 Å². The summed E-state index contributed by atoms with van der Waals surface area (Å²) in [4.78, 5) is 14.7. The number of carbonyl (C=O) groups is 1. The summed E-state index contributed by atoms with van der Waals surface area (Å²) in [5.41, 5.74) is 2.78. The van der Waals surface area contributed by atoms with Crippen molar-refractivity contribution in [2.24, 2.45) is 0 Å². The average molecular weight is 416 g/mol. The van der Waals surface area contributed by atoms with E-state index in [4.69, 9.17) is 9.47 Å². The Balaban J connectivity index is 1.73. The number of hydrogen-bond acceptors (Lipinski definition) is 4. The molecule has 0 N–H and O–H groups in total. The van der Waals surface area contributed by atoms with E-state index in [1.807, 2.05) is 42.5 Å². The number of allylic oxidation sites excluding steroid dienone is 1. The summed E-state index contributed by atoms with van der Waals surface area (Å²) in [6.45, 7) is 4.19. The monoisotopic (exact) mass is 415 g/mol. The molecule has 1 aliphatic heterocycles. The highest BCUT2D eigenvalue weighted by atomic mass is 79.9. The highest BCUT2D eigenvalue weighted by Crippen LogP contribution is 2.23. The first kappa shape index (κ1) is 18.8. The van der Waals surface area contributed by atoms with E-state index in [0.29, 0.717) is 5.56 Å². The Bertz CT molecular complexity index is 780. The van der Waals surface area contributed by atoms with Crippen LogP contribution < -0.4 is 4.74 Å². The van der Waals surface area contributed by atoms with Crippen molar-refractivity contribution in [3.63, 3.8) is 0 Å². The first-order chi connectivity index (χ1) is 12.7. The van der Waals surface area contributed by atoms with Gasteiger partial charge >= 0.3 is 0 Å². The lowest BCUT2D eigenvalue weighted by Gasteiger charge is -2.27. The fourth-order valence-corrected chi connectivity index (χ4v) is 3.17. The standard InChI is InChI=1S/C21H22BrNO3/c1-25-21-9-3-16(14-18(21)15-23-10-12-26-13-11-23)2-8-20(24)17-4-6-19(22)7-5-17/h2-9,14H,10-13,15H2,1H3/b8-2+. The van der Waals surface area contributed by atoms with Gasteiger partial charge in [0.15, 0.2) is 5.78 Å². The van der Waals surface area contributed by atoms with Crippen LogP contribution in [0.3, 0.4) is 0 Å².